The summed E-state index contributed by atoms with van der Waals surface area (Å²) in [5.41, 5.74) is 5.43. The van der Waals surface area contributed by atoms with E-state index in [-0.39, 0.29) is 0 Å². The summed E-state index contributed by atoms with van der Waals surface area (Å²) < 4.78 is 0. The van der Waals surface area contributed by atoms with E-state index in [1.54, 1.807) is 6.33 Å². The summed E-state index contributed by atoms with van der Waals surface area (Å²) in [6.07, 6.45) is 3.66. The van der Waals surface area contributed by atoms with Gasteiger partial charge < -0.3 is 16.4 Å². The minimum atomic E-state index is 0.692. The topological polar surface area (TPSA) is 75.9 Å². The Morgan fingerprint density at radius 3 is 2.41 bits per heavy atom. The second-order valence-electron chi connectivity index (χ2n) is 4.47. The van der Waals surface area contributed by atoms with Crippen molar-refractivity contribution >= 4 is 11.6 Å². The minimum Gasteiger partial charge on any atom is -0.370 e. The molecule has 0 aliphatic heterocycles. The fourth-order valence-electron chi connectivity index (χ4n) is 1.36. The highest BCUT2D eigenvalue weighted by Gasteiger charge is 1.98. The predicted molar refractivity (Wildman–Crippen MR) is 72.1 cm³/mol. The number of nitrogens with two attached hydrogens (primary N) is 1. The second kappa shape index (κ2) is 7.84. The smallest absolute Gasteiger partial charge is 0.131 e. The quantitative estimate of drug-likeness (QED) is 0.600. The Morgan fingerprint density at radius 1 is 1.18 bits per heavy atom. The van der Waals surface area contributed by atoms with E-state index in [1.165, 1.54) is 0 Å². The van der Waals surface area contributed by atoms with Crippen molar-refractivity contribution in [1.82, 2.24) is 9.97 Å². The van der Waals surface area contributed by atoms with Crippen LogP contribution in [0.1, 0.15) is 26.7 Å². The zero-order valence-electron chi connectivity index (χ0n) is 10.7. The van der Waals surface area contributed by atoms with Crippen molar-refractivity contribution in [1.29, 1.82) is 0 Å². The number of rotatable bonds is 8. The molecule has 0 fully saturated rings. The molecule has 4 N–H and O–H groups in total. The van der Waals surface area contributed by atoms with Gasteiger partial charge in [-0.3, -0.25) is 0 Å². The zero-order valence-corrected chi connectivity index (χ0v) is 10.7. The van der Waals surface area contributed by atoms with Crippen LogP contribution in [0, 0.1) is 5.92 Å². The van der Waals surface area contributed by atoms with Crippen LogP contribution in [0.25, 0.3) is 0 Å². The van der Waals surface area contributed by atoms with Crippen molar-refractivity contribution in [2.24, 2.45) is 11.7 Å². The third kappa shape index (κ3) is 6.06. The van der Waals surface area contributed by atoms with Gasteiger partial charge in [0.05, 0.1) is 0 Å². The number of nitrogens with zero attached hydrogens (tertiary/aromatic N) is 2. The summed E-state index contributed by atoms with van der Waals surface area (Å²) in [6, 6.07) is 1.93. The molecule has 0 atom stereocenters. The van der Waals surface area contributed by atoms with Crippen molar-refractivity contribution in [2.75, 3.05) is 30.3 Å². The average molecular weight is 237 g/mol. The van der Waals surface area contributed by atoms with Crippen LogP contribution in [0.5, 0.6) is 0 Å². The lowest BCUT2D eigenvalue weighted by atomic mass is 10.1. The maximum atomic E-state index is 5.43. The Labute approximate surface area is 103 Å². The summed E-state index contributed by atoms with van der Waals surface area (Å²) >= 11 is 0. The van der Waals surface area contributed by atoms with E-state index in [0.717, 1.165) is 37.6 Å². The van der Waals surface area contributed by atoms with Gasteiger partial charge in [0.1, 0.15) is 18.0 Å². The summed E-state index contributed by atoms with van der Waals surface area (Å²) in [5.74, 6) is 2.42. The fraction of sp³-hybridized carbons (Fsp3) is 0.667. The molecule has 0 unspecified atom stereocenters. The van der Waals surface area contributed by atoms with Gasteiger partial charge in [-0.15, -0.1) is 0 Å². The van der Waals surface area contributed by atoms with Gasteiger partial charge in [0, 0.05) is 19.2 Å². The normalized spacial score (nSPS) is 10.6. The SMILES string of the molecule is CC(C)CCNc1cc(NCCCN)ncn1. The van der Waals surface area contributed by atoms with E-state index in [9.17, 15) is 0 Å². The molecule has 1 heterocycles. The monoisotopic (exact) mass is 237 g/mol. The van der Waals surface area contributed by atoms with Crippen molar-refractivity contribution in [3.63, 3.8) is 0 Å². The Bertz CT molecular complexity index is 314. The van der Waals surface area contributed by atoms with E-state index >= 15 is 0 Å². The molecule has 5 heteroatoms. The van der Waals surface area contributed by atoms with Crippen LogP contribution in [0.4, 0.5) is 11.6 Å². The van der Waals surface area contributed by atoms with E-state index in [2.05, 4.69) is 34.4 Å². The number of anilines is 2. The van der Waals surface area contributed by atoms with Gasteiger partial charge in [0.15, 0.2) is 0 Å². The van der Waals surface area contributed by atoms with Crippen LogP contribution in [0.3, 0.4) is 0 Å². The molecule has 0 saturated carbocycles. The van der Waals surface area contributed by atoms with Crippen LogP contribution in [0.2, 0.25) is 0 Å². The standard InChI is InChI=1S/C12H23N5/c1-10(2)4-7-15-12-8-11(16-9-17-12)14-6-3-5-13/h8-10H,3-7,13H2,1-2H3,(H2,14,15,16,17). The third-order valence-electron chi connectivity index (χ3n) is 2.38. The lowest BCUT2D eigenvalue weighted by Crippen LogP contribution is -2.10. The van der Waals surface area contributed by atoms with Gasteiger partial charge in [-0.05, 0) is 25.3 Å². The molecule has 0 spiro atoms. The molecule has 1 aromatic heterocycles. The molecule has 0 bridgehead atoms. The summed E-state index contributed by atoms with van der Waals surface area (Å²) in [5, 5.41) is 6.51. The molecule has 0 amide bonds. The third-order valence-corrected chi connectivity index (χ3v) is 2.38. The Kier molecular flexibility index (Phi) is 6.32. The molecule has 5 nitrogen and oxygen atoms in total. The molecule has 0 saturated heterocycles. The maximum absolute atomic E-state index is 5.43. The van der Waals surface area contributed by atoms with Gasteiger partial charge in [0.2, 0.25) is 0 Å². The molecular formula is C12H23N5. The van der Waals surface area contributed by atoms with Crippen LogP contribution < -0.4 is 16.4 Å². The largest absolute Gasteiger partial charge is 0.370 e. The Balaban J connectivity index is 2.37. The summed E-state index contributed by atoms with van der Waals surface area (Å²) in [6.45, 7) is 6.90. The van der Waals surface area contributed by atoms with Crippen LogP contribution in [0.15, 0.2) is 12.4 Å². The van der Waals surface area contributed by atoms with Crippen molar-refractivity contribution < 1.29 is 0 Å². The maximum Gasteiger partial charge on any atom is 0.131 e. The van der Waals surface area contributed by atoms with Gasteiger partial charge in [-0.25, -0.2) is 9.97 Å². The van der Waals surface area contributed by atoms with Gasteiger partial charge >= 0.3 is 0 Å². The van der Waals surface area contributed by atoms with Gasteiger partial charge in [-0.2, -0.15) is 0 Å². The molecular weight excluding hydrogens is 214 g/mol. The van der Waals surface area contributed by atoms with E-state index in [4.69, 9.17) is 5.73 Å². The molecule has 96 valence electrons. The highest BCUT2D eigenvalue weighted by molar-refractivity contribution is 5.46. The van der Waals surface area contributed by atoms with Gasteiger partial charge in [0.25, 0.3) is 0 Å². The highest BCUT2D eigenvalue weighted by atomic mass is 15.1. The summed E-state index contributed by atoms with van der Waals surface area (Å²) in [7, 11) is 0. The number of hydrogen-bond acceptors (Lipinski definition) is 5. The summed E-state index contributed by atoms with van der Waals surface area (Å²) in [4.78, 5) is 8.33. The molecule has 0 radical (unpaired) electrons. The minimum absolute atomic E-state index is 0.692. The van der Waals surface area contributed by atoms with E-state index < -0.39 is 0 Å². The number of nitrogens with one attached hydrogen (secondary N) is 2. The Morgan fingerprint density at radius 2 is 1.82 bits per heavy atom. The van der Waals surface area contributed by atoms with Crippen LogP contribution in [-0.2, 0) is 0 Å². The number of aromatic nitrogens is 2. The molecule has 0 aliphatic rings. The lowest BCUT2D eigenvalue weighted by molar-refractivity contribution is 0.606. The molecule has 17 heavy (non-hydrogen) atoms. The second-order valence-corrected chi connectivity index (χ2v) is 4.47. The zero-order chi connectivity index (χ0) is 12.5. The Hall–Kier alpha value is -1.36. The first-order chi connectivity index (χ1) is 8.22. The molecule has 1 rings (SSSR count). The molecule has 0 aromatic carbocycles. The van der Waals surface area contributed by atoms with Crippen molar-refractivity contribution in [3.8, 4) is 0 Å². The lowest BCUT2D eigenvalue weighted by Gasteiger charge is -2.09. The molecule has 1 aromatic rings. The van der Waals surface area contributed by atoms with Crippen molar-refractivity contribution in [2.45, 2.75) is 26.7 Å². The van der Waals surface area contributed by atoms with Crippen LogP contribution in [-0.4, -0.2) is 29.6 Å². The van der Waals surface area contributed by atoms with Crippen LogP contribution >= 0.6 is 0 Å². The first kappa shape index (κ1) is 13.7. The predicted octanol–water partition coefficient (Wildman–Crippen LogP) is 1.70. The van der Waals surface area contributed by atoms with E-state index in [0.29, 0.717) is 12.5 Å². The van der Waals surface area contributed by atoms with Gasteiger partial charge in [-0.1, -0.05) is 13.8 Å². The highest BCUT2D eigenvalue weighted by Crippen LogP contribution is 2.09. The number of hydrogen-bond donors (Lipinski definition) is 3. The molecule has 0 aliphatic carbocycles. The first-order valence-electron chi connectivity index (χ1n) is 6.22. The fourth-order valence-corrected chi connectivity index (χ4v) is 1.36. The first-order valence-corrected chi connectivity index (χ1v) is 6.22. The van der Waals surface area contributed by atoms with E-state index in [1.807, 2.05) is 6.07 Å². The average Bonchev–Trinajstić information content (AvgIpc) is 2.29. The van der Waals surface area contributed by atoms with Crippen molar-refractivity contribution in [3.05, 3.63) is 12.4 Å².